The summed E-state index contributed by atoms with van der Waals surface area (Å²) in [5.41, 5.74) is 3.17. The van der Waals surface area contributed by atoms with E-state index in [2.05, 4.69) is 5.32 Å². The number of methoxy groups -OCH3 is 1. The van der Waals surface area contributed by atoms with Crippen molar-refractivity contribution in [3.63, 3.8) is 0 Å². The first-order valence-electron chi connectivity index (χ1n) is 8.81. The summed E-state index contributed by atoms with van der Waals surface area (Å²) in [7, 11) is 1.38. The zero-order valence-electron chi connectivity index (χ0n) is 15.9. The Balaban J connectivity index is 1.77. The summed E-state index contributed by atoms with van der Waals surface area (Å²) in [5, 5.41) is 13.8. The van der Waals surface area contributed by atoms with E-state index >= 15 is 0 Å². The number of non-ortho nitro benzene ring substituents is 1. The molecule has 0 saturated carbocycles. The topological polar surface area (TPSA) is 102 Å². The molecule has 1 heterocycles. The first-order valence-corrected chi connectivity index (χ1v) is 8.81. The van der Waals surface area contributed by atoms with Crippen molar-refractivity contribution in [2.24, 2.45) is 5.92 Å². The smallest absolute Gasteiger partial charge is 0.273 e. The van der Waals surface area contributed by atoms with Crippen LogP contribution < -0.4 is 15.0 Å². The molecule has 2 amide bonds. The Hall–Kier alpha value is -3.42. The standard InChI is InChI=1S/C20H21N3O5/c1-12-4-5-15(8-13(12)2)21-20(25)14-9-19(24)22(11-14)17-7-6-16(23(26)27)10-18(17)28-3/h4-8,10,14H,9,11H2,1-3H3,(H,21,25)/t14-/m1/s1. The molecule has 1 saturated heterocycles. The van der Waals surface area contributed by atoms with Crippen LogP contribution in [0.4, 0.5) is 17.1 Å². The maximum absolute atomic E-state index is 12.6. The summed E-state index contributed by atoms with van der Waals surface area (Å²) in [4.78, 5) is 37.0. The number of hydrogen-bond donors (Lipinski definition) is 1. The molecule has 0 bridgehead atoms. The van der Waals surface area contributed by atoms with Gasteiger partial charge >= 0.3 is 0 Å². The van der Waals surface area contributed by atoms with Crippen molar-refractivity contribution >= 4 is 28.9 Å². The van der Waals surface area contributed by atoms with Gasteiger partial charge in [-0.15, -0.1) is 0 Å². The number of amides is 2. The molecule has 0 unspecified atom stereocenters. The molecule has 1 aliphatic heterocycles. The largest absolute Gasteiger partial charge is 0.494 e. The Kier molecular flexibility index (Phi) is 5.30. The molecule has 1 aliphatic rings. The molecule has 1 atom stereocenters. The Morgan fingerprint density at radius 1 is 1.21 bits per heavy atom. The van der Waals surface area contributed by atoms with Crippen molar-refractivity contribution in [1.82, 2.24) is 0 Å². The molecule has 28 heavy (non-hydrogen) atoms. The fraction of sp³-hybridized carbons (Fsp3) is 0.300. The highest BCUT2D eigenvalue weighted by Crippen LogP contribution is 2.36. The maximum Gasteiger partial charge on any atom is 0.273 e. The Bertz CT molecular complexity index is 957. The zero-order valence-corrected chi connectivity index (χ0v) is 15.9. The molecular weight excluding hydrogens is 362 g/mol. The van der Waals surface area contributed by atoms with Gasteiger partial charge in [0.1, 0.15) is 5.75 Å². The van der Waals surface area contributed by atoms with Gasteiger partial charge in [0, 0.05) is 24.7 Å². The van der Waals surface area contributed by atoms with E-state index in [1.807, 2.05) is 32.0 Å². The summed E-state index contributed by atoms with van der Waals surface area (Å²) in [6.45, 7) is 4.14. The third-order valence-corrected chi connectivity index (χ3v) is 4.94. The van der Waals surface area contributed by atoms with E-state index in [1.165, 1.54) is 30.2 Å². The number of nitro benzene ring substituents is 1. The average Bonchev–Trinajstić information content (AvgIpc) is 3.05. The van der Waals surface area contributed by atoms with E-state index in [-0.39, 0.29) is 36.2 Å². The number of carbonyl (C=O) groups excluding carboxylic acids is 2. The van der Waals surface area contributed by atoms with Gasteiger partial charge in [-0.2, -0.15) is 0 Å². The van der Waals surface area contributed by atoms with Crippen LogP contribution in [0.25, 0.3) is 0 Å². The van der Waals surface area contributed by atoms with Gasteiger partial charge in [-0.25, -0.2) is 0 Å². The zero-order chi connectivity index (χ0) is 20.4. The first-order chi connectivity index (χ1) is 13.3. The van der Waals surface area contributed by atoms with Crippen LogP contribution in [0.15, 0.2) is 36.4 Å². The minimum Gasteiger partial charge on any atom is -0.494 e. The third-order valence-electron chi connectivity index (χ3n) is 4.94. The number of ether oxygens (including phenoxy) is 1. The fourth-order valence-corrected chi connectivity index (χ4v) is 3.18. The third kappa shape index (κ3) is 3.80. The average molecular weight is 383 g/mol. The maximum atomic E-state index is 12.6. The summed E-state index contributed by atoms with van der Waals surface area (Å²) in [5.74, 6) is -0.765. The molecule has 0 radical (unpaired) electrons. The van der Waals surface area contributed by atoms with Crippen molar-refractivity contribution in [3.05, 3.63) is 57.6 Å². The molecular formula is C20H21N3O5. The molecule has 8 heteroatoms. The number of rotatable bonds is 5. The van der Waals surface area contributed by atoms with E-state index in [4.69, 9.17) is 4.74 Å². The van der Waals surface area contributed by atoms with Gasteiger partial charge in [-0.3, -0.25) is 19.7 Å². The highest BCUT2D eigenvalue weighted by molar-refractivity contribution is 6.04. The van der Waals surface area contributed by atoms with Crippen LogP contribution in [-0.4, -0.2) is 30.4 Å². The van der Waals surface area contributed by atoms with E-state index in [0.29, 0.717) is 11.4 Å². The van der Waals surface area contributed by atoms with Crippen LogP contribution in [-0.2, 0) is 9.59 Å². The number of hydrogen-bond acceptors (Lipinski definition) is 5. The van der Waals surface area contributed by atoms with Crippen molar-refractivity contribution in [3.8, 4) is 5.75 Å². The molecule has 0 aliphatic carbocycles. The van der Waals surface area contributed by atoms with Crippen LogP contribution in [0.5, 0.6) is 5.75 Å². The first kappa shape index (κ1) is 19.3. The predicted octanol–water partition coefficient (Wildman–Crippen LogP) is 3.21. The van der Waals surface area contributed by atoms with Gasteiger partial charge < -0.3 is 15.0 Å². The van der Waals surface area contributed by atoms with Gasteiger partial charge in [-0.05, 0) is 43.2 Å². The lowest BCUT2D eigenvalue weighted by atomic mass is 10.1. The molecule has 2 aromatic rings. The Morgan fingerprint density at radius 2 is 1.96 bits per heavy atom. The second-order valence-electron chi connectivity index (χ2n) is 6.81. The van der Waals surface area contributed by atoms with E-state index in [9.17, 15) is 19.7 Å². The van der Waals surface area contributed by atoms with Gasteiger partial charge in [0.25, 0.3) is 5.69 Å². The molecule has 2 aromatic carbocycles. The molecule has 0 aromatic heterocycles. The minimum atomic E-state index is -0.530. The molecule has 0 spiro atoms. The fourth-order valence-electron chi connectivity index (χ4n) is 3.18. The number of benzene rings is 2. The van der Waals surface area contributed by atoms with Crippen LogP contribution >= 0.6 is 0 Å². The van der Waals surface area contributed by atoms with Crippen molar-refractivity contribution in [2.45, 2.75) is 20.3 Å². The lowest BCUT2D eigenvalue weighted by molar-refractivity contribution is -0.384. The lowest BCUT2D eigenvalue weighted by Crippen LogP contribution is -2.28. The SMILES string of the molecule is COc1cc([N+](=O)[O-])ccc1N1C[C@H](C(=O)Nc2ccc(C)c(C)c2)CC1=O. The van der Waals surface area contributed by atoms with Crippen LogP contribution in [0.2, 0.25) is 0 Å². The van der Waals surface area contributed by atoms with Crippen molar-refractivity contribution in [1.29, 1.82) is 0 Å². The van der Waals surface area contributed by atoms with Crippen LogP contribution in [0.3, 0.4) is 0 Å². The number of nitrogens with one attached hydrogen (secondary N) is 1. The Morgan fingerprint density at radius 3 is 2.61 bits per heavy atom. The summed E-state index contributed by atoms with van der Waals surface area (Å²) >= 11 is 0. The molecule has 146 valence electrons. The number of nitrogens with zero attached hydrogens (tertiary/aromatic N) is 2. The van der Waals surface area contributed by atoms with Gasteiger partial charge in [0.05, 0.1) is 29.7 Å². The minimum absolute atomic E-state index is 0.0663. The summed E-state index contributed by atoms with van der Waals surface area (Å²) < 4.78 is 5.21. The summed E-state index contributed by atoms with van der Waals surface area (Å²) in [6, 6.07) is 9.70. The quantitative estimate of drug-likeness (QED) is 0.631. The normalized spacial score (nSPS) is 16.2. The number of nitro groups is 1. The van der Waals surface area contributed by atoms with Crippen molar-refractivity contribution < 1.29 is 19.2 Å². The molecule has 8 nitrogen and oxygen atoms in total. The second kappa shape index (κ2) is 7.67. The summed E-state index contributed by atoms with van der Waals surface area (Å²) in [6.07, 6.45) is 0.0663. The molecule has 1 N–H and O–H groups in total. The van der Waals surface area contributed by atoms with Gasteiger partial charge in [0.15, 0.2) is 0 Å². The highest BCUT2D eigenvalue weighted by Gasteiger charge is 2.36. The van der Waals surface area contributed by atoms with Crippen molar-refractivity contribution in [2.75, 3.05) is 23.9 Å². The Labute approximate surface area is 162 Å². The highest BCUT2D eigenvalue weighted by atomic mass is 16.6. The molecule has 1 fully saturated rings. The number of aryl methyl sites for hydroxylation is 2. The second-order valence-corrected chi connectivity index (χ2v) is 6.81. The predicted molar refractivity (Wildman–Crippen MR) is 105 cm³/mol. The van der Waals surface area contributed by atoms with Gasteiger partial charge in [0.2, 0.25) is 11.8 Å². The molecule has 3 rings (SSSR count). The van der Waals surface area contributed by atoms with E-state index < -0.39 is 10.8 Å². The lowest BCUT2D eigenvalue weighted by Gasteiger charge is -2.19. The number of anilines is 2. The van der Waals surface area contributed by atoms with E-state index in [0.717, 1.165) is 11.1 Å². The van der Waals surface area contributed by atoms with E-state index in [1.54, 1.807) is 0 Å². The number of carbonyl (C=O) groups is 2. The monoisotopic (exact) mass is 383 g/mol. The van der Waals surface area contributed by atoms with Crippen LogP contribution in [0.1, 0.15) is 17.5 Å². The van der Waals surface area contributed by atoms with Gasteiger partial charge in [-0.1, -0.05) is 6.07 Å². The van der Waals surface area contributed by atoms with Crippen LogP contribution in [0, 0.1) is 29.9 Å².